The quantitative estimate of drug-likeness (QED) is 0.925. The average Bonchev–Trinajstić information content (AvgIpc) is 2.47. The zero-order chi connectivity index (χ0) is 15.2. The molecule has 5 heteroatoms. The first-order valence-corrected chi connectivity index (χ1v) is 7.61. The first-order valence-electron chi connectivity index (χ1n) is 7.61. The molecule has 0 unspecified atom stereocenters. The van der Waals surface area contributed by atoms with Gasteiger partial charge in [-0.3, -0.25) is 9.59 Å². The van der Waals surface area contributed by atoms with Crippen LogP contribution in [0.3, 0.4) is 0 Å². The van der Waals surface area contributed by atoms with Gasteiger partial charge in [0.1, 0.15) is 5.82 Å². The van der Waals surface area contributed by atoms with E-state index >= 15 is 0 Å². The molecule has 1 N–H and O–H groups in total. The normalized spacial score (nSPS) is 15.8. The van der Waals surface area contributed by atoms with Crippen LogP contribution in [0.15, 0.2) is 18.3 Å². The molecule has 21 heavy (non-hydrogen) atoms. The second-order valence-corrected chi connectivity index (χ2v) is 5.61. The van der Waals surface area contributed by atoms with Crippen LogP contribution in [0.4, 0.5) is 5.82 Å². The summed E-state index contributed by atoms with van der Waals surface area (Å²) in [5.74, 6) is 0.787. The highest BCUT2D eigenvalue weighted by Crippen LogP contribution is 2.20. The molecule has 114 valence electrons. The Hall–Kier alpha value is -1.91. The number of carbonyl (C=O) groups is 2. The van der Waals surface area contributed by atoms with Crippen LogP contribution in [0.2, 0.25) is 0 Å². The minimum absolute atomic E-state index is 0.00990. The number of carbonyl (C=O) groups excluding carboxylic acids is 2. The van der Waals surface area contributed by atoms with Gasteiger partial charge in [-0.25, -0.2) is 4.98 Å². The largest absolute Gasteiger partial charge is 0.343 e. The Bertz CT molecular complexity index is 508. The molecule has 2 amide bonds. The molecule has 0 bridgehead atoms. The summed E-state index contributed by atoms with van der Waals surface area (Å²) < 4.78 is 0. The van der Waals surface area contributed by atoms with Gasteiger partial charge in [0.2, 0.25) is 11.8 Å². The van der Waals surface area contributed by atoms with E-state index in [4.69, 9.17) is 0 Å². The number of amides is 2. The Balaban J connectivity index is 1.84. The molecule has 2 rings (SSSR count). The zero-order valence-electron chi connectivity index (χ0n) is 12.8. The fourth-order valence-corrected chi connectivity index (χ4v) is 2.60. The molecule has 2 heterocycles. The third-order valence-corrected chi connectivity index (χ3v) is 3.85. The standard InChI is InChI=1S/C16H23N3O2/c1-3-4-15(20)19-9-6-13(7-10-19)16(21)18-14-11-12(2)5-8-17-14/h5,8,11,13H,3-4,6-7,9-10H2,1-2H3,(H,17,18,21). The number of nitrogens with one attached hydrogen (secondary N) is 1. The predicted octanol–water partition coefficient (Wildman–Crippen LogP) is 2.37. The van der Waals surface area contributed by atoms with Crippen molar-refractivity contribution in [3.63, 3.8) is 0 Å². The molecule has 0 aliphatic carbocycles. The number of rotatable bonds is 4. The Labute approximate surface area is 125 Å². The summed E-state index contributed by atoms with van der Waals surface area (Å²) in [4.78, 5) is 30.1. The number of hydrogen-bond acceptors (Lipinski definition) is 3. The molecule has 1 aliphatic rings. The number of aromatic nitrogens is 1. The molecule has 1 saturated heterocycles. The lowest BCUT2D eigenvalue weighted by atomic mass is 9.95. The van der Waals surface area contributed by atoms with Crippen LogP contribution >= 0.6 is 0 Å². The summed E-state index contributed by atoms with van der Waals surface area (Å²) in [7, 11) is 0. The molecule has 5 nitrogen and oxygen atoms in total. The number of piperidine rings is 1. The Kier molecular flexibility index (Phi) is 5.31. The van der Waals surface area contributed by atoms with Crippen molar-refractivity contribution in [1.29, 1.82) is 0 Å². The highest BCUT2D eigenvalue weighted by Gasteiger charge is 2.27. The van der Waals surface area contributed by atoms with E-state index in [-0.39, 0.29) is 17.7 Å². The summed E-state index contributed by atoms with van der Waals surface area (Å²) in [5.41, 5.74) is 1.07. The first-order chi connectivity index (χ1) is 10.1. The monoisotopic (exact) mass is 289 g/mol. The van der Waals surface area contributed by atoms with E-state index in [2.05, 4.69) is 10.3 Å². The molecule has 1 fully saturated rings. The second-order valence-electron chi connectivity index (χ2n) is 5.61. The highest BCUT2D eigenvalue weighted by molar-refractivity contribution is 5.92. The zero-order valence-corrected chi connectivity index (χ0v) is 12.8. The number of pyridine rings is 1. The molecule has 0 spiro atoms. The van der Waals surface area contributed by atoms with Crippen molar-refractivity contribution in [1.82, 2.24) is 9.88 Å². The van der Waals surface area contributed by atoms with Crippen molar-refractivity contribution in [2.24, 2.45) is 5.92 Å². The molecule has 1 aromatic heterocycles. The van der Waals surface area contributed by atoms with Gasteiger partial charge < -0.3 is 10.2 Å². The Morgan fingerprint density at radius 1 is 1.38 bits per heavy atom. The first kappa shape index (κ1) is 15.5. The molecular weight excluding hydrogens is 266 g/mol. The van der Waals surface area contributed by atoms with Crippen molar-refractivity contribution in [2.75, 3.05) is 18.4 Å². The van der Waals surface area contributed by atoms with E-state index in [1.165, 1.54) is 0 Å². The molecule has 1 aliphatic heterocycles. The van der Waals surface area contributed by atoms with Crippen molar-refractivity contribution < 1.29 is 9.59 Å². The maximum atomic E-state index is 12.2. The van der Waals surface area contributed by atoms with Gasteiger partial charge in [-0.05, 0) is 43.9 Å². The van der Waals surface area contributed by atoms with E-state index in [1.807, 2.05) is 30.9 Å². The summed E-state index contributed by atoms with van der Waals surface area (Å²) in [6.45, 7) is 5.33. The average molecular weight is 289 g/mol. The van der Waals surface area contributed by atoms with Gasteiger partial charge in [0.05, 0.1) is 0 Å². The van der Waals surface area contributed by atoms with Crippen molar-refractivity contribution in [3.8, 4) is 0 Å². The van der Waals surface area contributed by atoms with Crippen LogP contribution in [-0.4, -0.2) is 34.8 Å². The maximum absolute atomic E-state index is 12.2. The lowest BCUT2D eigenvalue weighted by molar-refractivity contribution is -0.134. The van der Waals surface area contributed by atoms with Gasteiger partial charge in [0.25, 0.3) is 0 Å². The van der Waals surface area contributed by atoms with Gasteiger partial charge in [-0.2, -0.15) is 0 Å². The van der Waals surface area contributed by atoms with Crippen LogP contribution in [0.1, 0.15) is 38.2 Å². The molecular formula is C16H23N3O2. The van der Waals surface area contributed by atoms with Crippen LogP contribution in [-0.2, 0) is 9.59 Å². The van der Waals surface area contributed by atoms with Gasteiger partial charge in [0.15, 0.2) is 0 Å². The SMILES string of the molecule is CCCC(=O)N1CCC(C(=O)Nc2cc(C)ccn2)CC1. The van der Waals surface area contributed by atoms with E-state index in [9.17, 15) is 9.59 Å². The van der Waals surface area contributed by atoms with Gasteiger partial charge in [-0.15, -0.1) is 0 Å². The Morgan fingerprint density at radius 3 is 2.71 bits per heavy atom. The Morgan fingerprint density at radius 2 is 2.10 bits per heavy atom. The molecule has 0 atom stereocenters. The lowest BCUT2D eigenvalue weighted by Crippen LogP contribution is -2.41. The van der Waals surface area contributed by atoms with Gasteiger partial charge >= 0.3 is 0 Å². The van der Waals surface area contributed by atoms with E-state index < -0.39 is 0 Å². The summed E-state index contributed by atoms with van der Waals surface area (Å²) in [6.07, 6.45) is 4.62. The van der Waals surface area contributed by atoms with Crippen LogP contribution < -0.4 is 5.32 Å². The number of likely N-dealkylation sites (tertiary alicyclic amines) is 1. The van der Waals surface area contributed by atoms with Crippen molar-refractivity contribution in [3.05, 3.63) is 23.9 Å². The van der Waals surface area contributed by atoms with Crippen LogP contribution in [0, 0.1) is 12.8 Å². The number of aryl methyl sites for hydroxylation is 1. The van der Waals surface area contributed by atoms with Crippen molar-refractivity contribution in [2.45, 2.75) is 39.5 Å². The summed E-state index contributed by atoms with van der Waals surface area (Å²) >= 11 is 0. The van der Waals surface area contributed by atoms with Gasteiger partial charge in [0, 0.05) is 31.6 Å². The van der Waals surface area contributed by atoms with Gasteiger partial charge in [-0.1, -0.05) is 6.92 Å². The highest BCUT2D eigenvalue weighted by atomic mass is 16.2. The topological polar surface area (TPSA) is 62.3 Å². The summed E-state index contributed by atoms with van der Waals surface area (Å²) in [5, 5.41) is 2.87. The minimum Gasteiger partial charge on any atom is -0.343 e. The number of hydrogen-bond donors (Lipinski definition) is 1. The minimum atomic E-state index is -0.0296. The summed E-state index contributed by atoms with van der Waals surface area (Å²) in [6, 6.07) is 3.76. The molecule has 0 aromatic carbocycles. The lowest BCUT2D eigenvalue weighted by Gasteiger charge is -2.31. The third kappa shape index (κ3) is 4.28. The van der Waals surface area contributed by atoms with E-state index in [1.54, 1.807) is 6.20 Å². The number of anilines is 1. The number of nitrogens with zero attached hydrogens (tertiary/aromatic N) is 2. The van der Waals surface area contributed by atoms with E-state index in [0.29, 0.717) is 25.3 Å². The fraction of sp³-hybridized carbons (Fsp3) is 0.562. The van der Waals surface area contributed by atoms with Crippen molar-refractivity contribution >= 4 is 17.6 Å². The smallest absolute Gasteiger partial charge is 0.228 e. The fourth-order valence-electron chi connectivity index (χ4n) is 2.60. The molecule has 1 aromatic rings. The van der Waals surface area contributed by atoms with E-state index in [0.717, 1.165) is 24.8 Å². The van der Waals surface area contributed by atoms with Crippen LogP contribution in [0.5, 0.6) is 0 Å². The third-order valence-electron chi connectivity index (χ3n) is 3.85. The van der Waals surface area contributed by atoms with Crippen LogP contribution in [0.25, 0.3) is 0 Å². The maximum Gasteiger partial charge on any atom is 0.228 e. The molecule has 0 radical (unpaired) electrons. The molecule has 0 saturated carbocycles. The predicted molar refractivity (Wildman–Crippen MR) is 81.8 cm³/mol. The second kappa shape index (κ2) is 7.20.